The van der Waals surface area contributed by atoms with E-state index in [-0.39, 0.29) is 17.0 Å². The summed E-state index contributed by atoms with van der Waals surface area (Å²) < 4.78 is 5.55. The van der Waals surface area contributed by atoms with Crippen LogP contribution in [0.2, 0.25) is 0 Å². The Hall–Kier alpha value is -3.20. The van der Waals surface area contributed by atoms with Gasteiger partial charge in [0.2, 0.25) is 0 Å². The first-order chi connectivity index (χ1) is 10.0. The molecule has 2 aromatic carbocycles. The van der Waals surface area contributed by atoms with Crippen molar-refractivity contribution >= 4 is 12.0 Å². The highest BCUT2D eigenvalue weighted by atomic mass is 16.6. The van der Waals surface area contributed by atoms with Crippen LogP contribution in [-0.2, 0) is 0 Å². The van der Waals surface area contributed by atoms with Gasteiger partial charge >= 0.3 is 0 Å². The van der Waals surface area contributed by atoms with Crippen molar-refractivity contribution in [3.8, 4) is 17.6 Å². The minimum atomic E-state index is -0.474. The van der Waals surface area contributed by atoms with Crippen molar-refractivity contribution in [2.24, 2.45) is 0 Å². The molecule has 6 nitrogen and oxygen atoms in total. The van der Waals surface area contributed by atoms with Crippen LogP contribution in [0.3, 0.4) is 0 Å². The molecule has 0 spiro atoms. The zero-order valence-electron chi connectivity index (χ0n) is 11.1. The molecule has 0 aliphatic heterocycles. The van der Waals surface area contributed by atoms with E-state index in [1.54, 1.807) is 6.92 Å². The fourth-order valence-corrected chi connectivity index (χ4v) is 1.82. The first-order valence-corrected chi connectivity index (χ1v) is 5.97. The van der Waals surface area contributed by atoms with E-state index in [0.29, 0.717) is 23.2 Å². The molecule has 2 aromatic rings. The van der Waals surface area contributed by atoms with Crippen LogP contribution in [0.5, 0.6) is 11.5 Å². The molecule has 0 heterocycles. The normalized spacial score (nSPS) is 9.71. The van der Waals surface area contributed by atoms with Crippen LogP contribution in [0.25, 0.3) is 0 Å². The Morgan fingerprint density at radius 1 is 1.29 bits per heavy atom. The number of rotatable bonds is 4. The Morgan fingerprint density at radius 3 is 2.62 bits per heavy atom. The molecule has 0 N–H and O–H groups in total. The second kappa shape index (κ2) is 5.84. The zero-order valence-corrected chi connectivity index (χ0v) is 11.1. The topological polar surface area (TPSA) is 93.2 Å². The van der Waals surface area contributed by atoms with E-state index in [1.807, 2.05) is 6.07 Å². The maximum atomic E-state index is 10.8. The number of aryl methyl sites for hydroxylation is 1. The van der Waals surface area contributed by atoms with Gasteiger partial charge in [0.15, 0.2) is 0 Å². The van der Waals surface area contributed by atoms with E-state index in [2.05, 4.69) is 0 Å². The predicted molar refractivity (Wildman–Crippen MR) is 74.5 cm³/mol. The molecule has 0 saturated carbocycles. The number of nitriles is 1. The molecule has 21 heavy (non-hydrogen) atoms. The third-order valence-electron chi connectivity index (χ3n) is 2.85. The van der Waals surface area contributed by atoms with Gasteiger partial charge in [-0.15, -0.1) is 0 Å². The molecule has 2 rings (SSSR count). The average molecular weight is 282 g/mol. The van der Waals surface area contributed by atoms with Crippen LogP contribution < -0.4 is 4.74 Å². The lowest BCUT2D eigenvalue weighted by molar-refractivity contribution is -0.385. The number of nitro groups is 1. The number of nitrogens with zero attached hydrogens (tertiary/aromatic N) is 2. The van der Waals surface area contributed by atoms with Crippen molar-refractivity contribution in [1.29, 1.82) is 5.26 Å². The van der Waals surface area contributed by atoms with Crippen molar-refractivity contribution in [3.63, 3.8) is 0 Å². The predicted octanol–water partition coefficient (Wildman–Crippen LogP) is 3.38. The minimum absolute atomic E-state index is 0.000778. The molecule has 0 bridgehead atoms. The molecule has 6 heteroatoms. The lowest BCUT2D eigenvalue weighted by atomic mass is 10.1. The summed E-state index contributed by atoms with van der Waals surface area (Å²) in [5.41, 5.74) is 1.05. The van der Waals surface area contributed by atoms with Crippen LogP contribution in [0, 0.1) is 28.4 Å². The highest BCUT2D eigenvalue weighted by molar-refractivity contribution is 5.76. The van der Waals surface area contributed by atoms with Gasteiger partial charge < -0.3 is 4.74 Å². The van der Waals surface area contributed by atoms with Gasteiger partial charge in [0.25, 0.3) is 5.69 Å². The summed E-state index contributed by atoms with van der Waals surface area (Å²) in [5, 5.41) is 19.8. The number of hydrogen-bond donors (Lipinski definition) is 0. The molecule has 0 aromatic heterocycles. The smallest absolute Gasteiger partial charge is 0.272 e. The Kier molecular flexibility index (Phi) is 3.95. The standard InChI is InChI=1S/C15H10N2O4/c1-10-6-13(3-4-14(10)17(19)20)21-15-5-2-11(9-18)7-12(15)8-16/h2-7,9H,1H3. The van der Waals surface area contributed by atoms with Gasteiger partial charge in [-0.1, -0.05) is 0 Å². The number of ether oxygens (including phenoxy) is 1. The zero-order chi connectivity index (χ0) is 15.4. The third kappa shape index (κ3) is 3.04. The van der Waals surface area contributed by atoms with Crippen LogP contribution in [0.15, 0.2) is 36.4 Å². The highest BCUT2D eigenvalue weighted by Crippen LogP contribution is 2.29. The quantitative estimate of drug-likeness (QED) is 0.486. The molecular formula is C15H10N2O4. The summed E-state index contributed by atoms with van der Waals surface area (Å²) in [6.45, 7) is 1.60. The summed E-state index contributed by atoms with van der Waals surface area (Å²) in [5.74, 6) is 0.671. The van der Waals surface area contributed by atoms with E-state index in [1.165, 1.54) is 36.4 Å². The van der Waals surface area contributed by atoms with Crippen molar-refractivity contribution in [1.82, 2.24) is 0 Å². The van der Waals surface area contributed by atoms with Gasteiger partial charge in [-0.3, -0.25) is 14.9 Å². The van der Waals surface area contributed by atoms with Crippen LogP contribution >= 0.6 is 0 Å². The minimum Gasteiger partial charge on any atom is -0.456 e. The average Bonchev–Trinajstić information content (AvgIpc) is 2.47. The Labute approximate surface area is 120 Å². The Morgan fingerprint density at radius 2 is 2.05 bits per heavy atom. The van der Waals surface area contributed by atoms with Gasteiger partial charge in [-0.05, 0) is 37.3 Å². The number of nitro benzene ring substituents is 1. The van der Waals surface area contributed by atoms with E-state index < -0.39 is 4.92 Å². The summed E-state index contributed by atoms with van der Waals surface area (Å²) in [6.07, 6.45) is 0.640. The number of aldehydes is 1. The molecule has 0 radical (unpaired) electrons. The number of carbonyl (C=O) groups excluding carboxylic acids is 1. The monoisotopic (exact) mass is 282 g/mol. The van der Waals surface area contributed by atoms with Gasteiger partial charge in [-0.25, -0.2) is 0 Å². The van der Waals surface area contributed by atoms with Crippen LogP contribution in [0.1, 0.15) is 21.5 Å². The maximum Gasteiger partial charge on any atom is 0.272 e. The second-order valence-electron chi connectivity index (χ2n) is 4.29. The molecule has 0 fully saturated rings. The van der Waals surface area contributed by atoms with Crippen molar-refractivity contribution < 1.29 is 14.5 Å². The van der Waals surface area contributed by atoms with Gasteiger partial charge in [-0.2, -0.15) is 5.26 Å². The van der Waals surface area contributed by atoms with Crippen LogP contribution in [-0.4, -0.2) is 11.2 Å². The van der Waals surface area contributed by atoms with Gasteiger partial charge in [0, 0.05) is 17.2 Å². The summed E-state index contributed by atoms with van der Waals surface area (Å²) in [7, 11) is 0. The van der Waals surface area contributed by atoms with E-state index in [4.69, 9.17) is 10.00 Å². The van der Waals surface area contributed by atoms with Crippen molar-refractivity contribution in [3.05, 3.63) is 63.2 Å². The van der Waals surface area contributed by atoms with Gasteiger partial charge in [0.05, 0.1) is 10.5 Å². The summed E-state index contributed by atoms with van der Waals surface area (Å²) in [4.78, 5) is 21.0. The molecule has 0 atom stereocenters. The SMILES string of the molecule is Cc1cc(Oc2ccc(C=O)cc2C#N)ccc1[N+](=O)[O-]. The van der Waals surface area contributed by atoms with E-state index in [9.17, 15) is 14.9 Å². The lowest BCUT2D eigenvalue weighted by Crippen LogP contribution is -1.94. The molecule has 0 unspecified atom stereocenters. The third-order valence-corrected chi connectivity index (χ3v) is 2.85. The number of hydrogen-bond acceptors (Lipinski definition) is 5. The molecule has 0 aliphatic carbocycles. The largest absolute Gasteiger partial charge is 0.456 e. The van der Waals surface area contributed by atoms with E-state index >= 15 is 0 Å². The van der Waals surface area contributed by atoms with Crippen molar-refractivity contribution in [2.45, 2.75) is 6.92 Å². The summed E-state index contributed by atoms with van der Waals surface area (Å²) in [6, 6.07) is 10.7. The molecule has 0 aliphatic rings. The Bertz CT molecular complexity index is 763. The summed E-state index contributed by atoms with van der Waals surface area (Å²) >= 11 is 0. The lowest BCUT2D eigenvalue weighted by Gasteiger charge is -2.08. The van der Waals surface area contributed by atoms with Gasteiger partial charge in [0.1, 0.15) is 23.9 Å². The highest BCUT2D eigenvalue weighted by Gasteiger charge is 2.12. The fraction of sp³-hybridized carbons (Fsp3) is 0.0667. The fourth-order valence-electron chi connectivity index (χ4n) is 1.82. The molecule has 0 saturated heterocycles. The maximum absolute atomic E-state index is 10.8. The van der Waals surface area contributed by atoms with Crippen molar-refractivity contribution in [2.75, 3.05) is 0 Å². The first kappa shape index (κ1) is 14.2. The Balaban J connectivity index is 2.35. The number of benzene rings is 2. The molecule has 0 amide bonds. The molecule has 104 valence electrons. The first-order valence-electron chi connectivity index (χ1n) is 5.97. The second-order valence-corrected chi connectivity index (χ2v) is 4.29. The van der Waals surface area contributed by atoms with E-state index in [0.717, 1.165) is 0 Å². The number of carbonyl (C=O) groups is 1. The molecular weight excluding hydrogens is 272 g/mol. The van der Waals surface area contributed by atoms with Crippen LogP contribution in [0.4, 0.5) is 5.69 Å².